The second kappa shape index (κ2) is 7.32. The molecule has 17 heavy (non-hydrogen) atoms. The van der Waals surface area contributed by atoms with Crippen LogP contribution >= 0.6 is 0 Å². The predicted octanol–water partition coefficient (Wildman–Crippen LogP) is 1.77. The number of methoxy groups -OCH3 is 1. The molecule has 1 aromatic rings. The third kappa shape index (κ3) is 4.77. The van der Waals surface area contributed by atoms with Gasteiger partial charge in [-0.15, -0.1) is 0 Å². The molecule has 0 saturated heterocycles. The van der Waals surface area contributed by atoms with Crippen LogP contribution in [0, 0.1) is 11.6 Å². The van der Waals surface area contributed by atoms with E-state index >= 15 is 0 Å². The van der Waals surface area contributed by atoms with Crippen molar-refractivity contribution in [1.82, 2.24) is 5.43 Å². The number of hydrogen-bond acceptors (Lipinski definition) is 3. The molecule has 0 aliphatic rings. The van der Waals surface area contributed by atoms with Crippen LogP contribution in [0.4, 0.5) is 8.78 Å². The largest absolute Gasteiger partial charge is 0.385 e. The number of nitrogens with two attached hydrogens (primary N) is 1. The lowest BCUT2D eigenvalue weighted by Gasteiger charge is -2.16. The van der Waals surface area contributed by atoms with Gasteiger partial charge >= 0.3 is 0 Å². The van der Waals surface area contributed by atoms with E-state index < -0.39 is 11.6 Å². The first-order chi connectivity index (χ1) is 8.17. The Balaban J connectivity index is 2.57. The highest BCUT2D eigenvalue weighted by atomic mass is 19.1. The second-order valence-corrected chi connectivity index (χ2v) is 3.94. The first-order valence-electron chi connectivity index (χ1n) is 5.56. The molecule has 0 heterocycles. The van der Waals surface area contributed by atoms with Crippen molar-refractivity contribution in [2.75, 3.05) is 13.7 Å². The van der Waals surface area contributed by atoms with Gasteiger partial charge in [0.05, 0.1) is 0 Å². The molecule has 5 heteroatoms. The van der Waals surface area contributed by atoms with E-state index in [1.165, 1.54) is 6.07 Å². The topological polar surface area (TPSA) is 47.3 Å². The van der Waals surface area contributed by atoms with Gasteiger partial charge < -0.3 is 4.74 Å². The smallest absolute Gasteiger partial charge is 0.126 e. The highest BCUT2D eigenvalue weighted by molar-refractivity contribution is 5.19. The Labute approximate surface area is 99.9 Å². The Morgan fingerprint density at radius 1 is 1.41 bits per heavy atom. The Morgan fingerprint density at radius 3 is 2.82 bits per heavy atom. The molecule has 1 unspecified atom stereocenters. The van der Waals surface area contributed by atoms with Crippen LogP contribution in [-0.4, -0.2) is 19.8 Å². The van der Waals surface area contributed by atoms with Crippen molar-refractivity contribution in [2.24, 2.45) is 5.84 Å². The van der Waals surface area contributed by atoms with Crippen molar-refractivity contribution in [3.8, 4) is 0 Å². The highest BCUT2D eigenvalue weighted by Crippen LogP contribution is 2.13. The molecule has 1 atom stereocenters. The zero-order chi connectivity index (χ0) is 12.7. The van der Waals surface area contributed by atoms with Crippen molar-refractivity contribution in [3.63, 3.8) is 0 Å². The van der Waals surface area contributed by atoms with Gasteiger partial charge in [-0.25, -0.2) is 8.78 Å². The minimum Gasteiger partial charge on any atom is -0.385 e. The van der Waals surface area contributed by atoms with Crippen molar-refractivity contribution < 1.29 is 13.5 Å². The van der Waals surface area contributed by atoms with Crippen LogP contribution in [0.2, 0.25) is 0 Å². The molecule has 3 nitrogen and oxygen atoms in total. The van der Waals surface area contributed by atoms with E-state index in [0.29, 0.717) is 18.6 Å². The molecule has 1 aromatic carbocycles. The molecule has 0 aliphatic heterocycles. The average Bonchev–Trinajstić information content (AvgIpc) is 2.32. The quantitative estimate of drug-likeness (QED) is 0.436. The minimum atomic E-state index is -0.436. The van der Waals surface area contributed by atoms with Gasteiger partial charge in [-0.3, -0.25) is 11.3 Å². The monoisotopic (exact) mass is 244 g/mol. The fraction of sp³-hybridized carbons (Fsp3) is 0.500. The van der Waals surface area contributed by atoms with Gasteiger partial charge in [0.15, 0.2) is 0 Å². The molecular formula is C12H18F2N2O. The number of hydrazine groups is 1. The number of nitrogens with one attached hydrogen (secondary N) is 1. The molecule has 0 fully saturated rings. The summed E-state index contributed by atoms with van der Waals surface area (Å²) in [6.45, 7) is 0.629. The van der Waals surface area contributed by atoms with Crippen molar-refractivity contribution in [3.05, 3.63) is 35.4 Å². The van der Waals surface area contributed by atoms with Crippen LogP contribution in [0.3, 0.4) is 0 Å². The van der Waals surface area contributed by atoms with Gasteiger partial charge in [0.25, 0.3) is 0 Å². The van der Waals surface area contributed by atoms with E-state index in [4.69, 9.17) is 10.6 Å². The molecular weight excluding hydrogens is 226 g/mol. The highest BCUT2D eigenvalue weighted by Gasteiger charge is 2.11. The van der Waals surface area contributed by atoms with Gasteiger partial charge in [-0.2, -0.15) is 0 Å². The third-order valence-corrected chi connectivity index (χ3v) is 2.61. The molecule has 0 aromatic heterocycles. The minimum absolute atomic E-state index is 0.0820. The second-order valence-electron chi connectivity index (χ2n) is 3.94. The summed E-state index contributed by atoms with van der Waals surface area (Å²) in [6.07, 6.45) is 1.94. The number of hydrogen-bond donors (Lipinski definition) is 2. The van der Waals surface area contributed by atoms with E-state index in [1.54, 1.807) is 7.11 Å². The van der Waals surface area contributed by atoms with E-state index in [-0.39, 0.29) is 6.04 Å². The summed E-state index contributed by atoms with van der Waals surface area (Å²) in [5.41, 5.74) is 2.95. The van der Waals surface area contributed by atoms with Crippen LogP contribution in [0.15, 0.2) is 18.2 Å². The summed E-state index contributed by atoms with van der Waals surface area (Å²) in [4.78, 5) is 0. The number of ether oxygens (including phenoxy) is 1. The molecule has 3 N–H and O–H groups in total. The van der Waals surface area contributed by atoms with Gasteiger partial charge in [-0.05, 0) is 43.0 Å². The zero-order valence-corrected chi connectivity index (χ0v) is 9.88. The fourth-order valence-corrected chi connectivity index (χ4v) is 1.68. The Hall–Kier alpha value is -1.04. The van der Waals surface area contributed by atoms with Crippen LogP contribution < -0.4 is 11.3 Å². The van der Waals surface area contributed by atoms with Crippen LogP contribution in [0.1, 0.15) is 18.4 Å². The summed E-state index contributed by atoms with van der Waals surface area (Å²) < 4.78 is 31.3. The summed E-state index contributed by atoms with van der Waals surface area (Å²) in [5, 5.41) is 0. The summed E-state index contributed by atoms with van der Waals surface area (Å²) >= 11 is 0. The van der Waals surface area contributed by atoms with Gasteiger partial charge in [-0.1, -0.05) is 0 Å². The van der Waals surface area contributed by atoms with E-state index in [0.717, 1.165) is 25.0 Å². The lowest BCUT2D eigenvalue weighted by Crippen LogP contribution is -2.37. The number of halogens is 2. The Morgan fingerprint density at radius 2 is 2.18 bits per heavy atom. The first-order valence-corrected chi connectivity index (χ1v) is 5.56. The molecule has 0 saturated carbocycles. The van der Waals surface area contributed by atoms with Crippen LogP contribution in [0.25, 0.3) is 0 Å². The van der Waals surface area contributed by atoms with Gasteiger partial charge in [0.2, 0.25) is 0 Å². The molecule has 0 radical (unpaired) electrons. The van der Waals surface area contributed by atoms with E-state index in [1.807, 2.05) is 0 Å². The number of rotatable bonds is 7. The standard InChI is InChI=1S/C12H18F2N2O/c1-17-6-2-3-11(16-15)8-9-7-10(13)4-5-12(9)14/h4-5,7,11,16H,2-3,6,8,15H2,1H3. The lowest BCUT2D eigenvalue weighted by atomic mass is 10.0. The summed E-state index contributed by atoms with van der Waals surface area (Å²) in [7, 11) is 1.62. The van der Waals surface area contributed by atoms with Crippen molar-refractivity contribution in [1.29, 1.82) is 0 Å². The first kappa shape index (κ1) is 14.0. The summed E-state index contributed by atoms with van der Waals surface area (Å²) in [6, 6.07) is 3.36. The molecule has 96 valence electrons. The fourth-order valence-electron chi connectivity index (χ4n) is 1.68. The Kier molecular flexibility index (Phi) is 6.04. The molecule has 0 aliphatic carbocycles. The normalized spacial score (nSPS) is 12.7. The van der Waals surface area contributed by atoms with Crippen LogP contribution in [-0.2, 0) is 11.2 Å². The Bertz CT molecular complexity index is 347. The molecule has 0 amide bonds. The number of benzene rings is 1. The van der Waals surface area contributed by atoms with E-state index in [2.05, 4.69) is 5.43 Å². The SMILES string of the molecule is COCCCC(Cc1cc(F)ccc1F)NN. The van der Waals surface area contributed by atoms with Gasteiger partial charge in [0.1, 0.15) is 11.6 Å². The molecule has 0 spiro atoms. The maximum atomic E-state index is 13.4. The third-order valence-electron chi connectivity index (χ3n) is 2.61. The predicted molar refractivity (Wildman–Crippen MR) is 62.3 cm³/mol. The van der Waals surface area contributed by atoms with Gasteiger partial charge in [0, 0.05) is 19.8 Å². The summed E-state index contributed by atoms with van der Waals surface area (Å²) in [5.74, 6) is 4.54. The maximum absolute atomic E-state index is 13.4. The molecule has 0 bridgehead atoms. The molecule has 1 rings (SSSR count). The van der Waals surface area contributed by atoms with Crippen molar-refractivity contribution >= 4 is 0 Å². The zero-order valence-electron chi connectivity index (χ0n) is 9.88. The average molecular weight is 244 g/mol. The van der Waals surface area contributed by atoms with Crippen LogP contribution in [0.5, 0.6) is 0 Å². The lowest BCUT2D eigenvalue weighted by molar-refractivity contribution is 0.188. The maximum Gasteiger partial charge on any atom is 0.126 e. The van der Waals surface area contributed by atoms with Crippen molar-refractivity contribution in [2.45, 2.75) is 25.3 Å². The van der Waals surface area contributed by atoms with E-state index in [9.17, 15) is 8.78 Å².